The van der Waals surface area contributed by atoms with E-state index in [1.165, 1.54) is 0 Å². The molecule has 100 valence electrons. The van der Waals surface area contributed by atoms with Crippen LogP contribution in [0.25, 0.3) is 0 Å². The summed E-state index contributed by atoms with van der Waals surface area (Å²) in [7, 11) is 0. The zero-order chi connectivity index (χ0) is 13.9. The summed E-state index contributed by atoms with van der Waals surface area (Å²) in [6.07, 6.45) is -0.582. The number of amides is 1. The normalized spacial score (nSPS) is 12.5. The molecule has 0 fully saturated rings. The highest BCUT2D eigenvalue weighted by atomic mass is 16.6. The maximum atomic E-state index is 11.7. The van der Waals surface area contributed by atoms with Crippen LogP contribution in [0.3, 0.4) is 0 Å². The molecule has 1 N–H and O–H groups in total. The van der Waals surface area contributed by atoms with Gasteiger partial charge in [-0.05, 0) is 30.3 Å². The monoisotopic (exact) mass is 269 g/mol. The molecule has 5 heteroatoms. The highest BCUT2D eigenvalue weighted by Crippen LogP contribution is 2.23. The van der Waals surface area contributed by atoms with Gasteiger partial charge in [0.15, 0.2) is 0 Å². The van der Waals surface area contributed by atoms with E-state index in [1.807, 2.05) is 6.07 Å². The highest BCUT2D eigenvalue weighted by Gasteiger charge is 2.21. The fourth-order valence-corrected chi connectivity index (χ4v) is 1.95. The molecule has 3 rings (SSSR count). The van der Waals surface area contributed by atoms with E-state index in [-0.39, 0.29) is 12.6 Å². The number of nitrogens with one attached hydrogen (secondary N) is 1. The Kier molecular flexibility index (Phi) is 3.09. The molecule has 1 aliphatic heterocycles. The van der Waals surface area contributed by atoms with Gasteiger partial charge in [-0.2, -0.15) is 0 Å². The molecule has 0 radical (unpaired) electrons. The Morgan fingerprint density at radius 2 is 1.95 bits per heavy atom. The van der Waals surface area contributed by atoms with E-state index < -0.39 is 6.09 Å². The molecule has 1 heterocycles. The van der Waals surface area contributed by atoms with Crippen molar-refractivity contribution in [2.75, 3.05) is 5.32 Å². The molecule has 0 aromatic heterocycles. The SMILES string of the molecule is O=C(Nc1ccc2c(c1)COC2=O)Oc1ccccc1. The predicted molar refractivity (Wildman–Crippen MR) is 71.7 cm³/mol. The van der Waals surface area contributed by atoms with Crippen molar-refractivity contribution in [1.29, 1.82) is 0 Å². The Morgan fingerprint density at radius 3 is 2.75 bits per heavy atom. The fourth-order valence-electron chi connectivity index (χ4n) is 1.95. The molecular formula is C15H11NO4. The maximum absolute atomic E-state index is 11.7. The molecule has 20 heavy (non-hydrogen) atoms. The van der Waals surface area contributed by atoms with E-state index in [1.54, 1.807) is 42.5 Å². The number of hydrogen-bond donors (Lipinski definition) is 1. The number of para-hydroxylation sites is 1. The molecule has 0 aliphatic carbocycles. The number of anilines is 1. The van der Waals surface area contributed by atoms with Crippen LogP contribution in [0, 0.1) is 0 Å². The summed E-state index contributed by atoms with van der Waals surface area (Å²) in [6.45, 7) is 0.234. The highest BCUT2D eigenvalue weighted by molar-refractivity contribution is 5.95. The van der Waals surface area contributed by atoms with Gasteiger partial charge in [0, 0.05) is 11.3 Å². The van der Waals surface area contributed by atoms with Crippen molar-refractivity contribution < 1.29 is 19.1 Å². The van der Waals surface area contributed by atoms with Gasteiger partial charge >= 0.3 is 12.1 Å². The number of hydrogen-bond acceptors (Lipinski definition) is 4. The van der Waals surface area contributed by atoms with E-state index in [0.29, 0.717) is 17.0 Å². The van der Waals surface area contributed by atoms with Gasteiger partial charge in [0.05, 0.1) is 5.56 Å². The lowest BCUT2D eigenvalue weighted by Gasteiger charge is -2.07. The van der Waals surface area contributed by atoms with Crippen molar-refractivity contribution in [2.24, 2.45) is 0 Å². The van der Waals surface area contributed by atoms with Crippen LogP contribution in [-0.4, -0.2) is 12.1 Å². The zero-order valence-electron chi connectivity index (χ0n) is 10.5. The minimum absolute atomic E-state index is 0.234. The second-order valence-corrected chi connectivity index (χ2v) is 4.28. The first-order valence-electron chi connectivity index (χ1n) is 6.06. The second-order valence-electron chi connectivity index (χ2n) is 4.28. The Morgan fingerprint density at radius 1 is 1.15 bits per heavy atom. The molecule has 2 aromatic rings. The summed E-state index contributed by atoms with van der Waals surface area (Å²) in [4.78, 5) is 23.0. The average molecular weight is 269 g/mol. The van der Waals surface area contributed by atoms with Gasteiger partial charge in [-0.3, -0.25) is 5.32 Å². The average Bonchev–Trinajstić information content (AvgIpc) is 2.81. The van der Waals surface area contributed by atoms with E-state index in [4.69, 9.17) is 9.47 Å². The molecule has 0 spiro atoms. The number of benzene rings is 2. The summed E-state index contributed by atoms with van der Waals surface area (Å²) < 4.78 is 10.0. The number of cyclic esters (lactones) is 1. The van der Waals surface area contributed by atoms with Gasteiger partial charge in [0.1, 0.15) is 12.4 Å². The summed E-state index contributed by atoms with van der Waals surface area (Å²) >= 11 is 0. The minimum atomic E-state index is -0.582. The van der Waals surface area contributed by atoms with Gasteiger partial charge in [-0.1, -0.05) is 18.2 Å². The molecule has 0 bridgehead atoms. The first kappa shape index (κ1) is 12.2. The van der Waals surface area contributed by atoms with Gasteiger partial charge in [0.25, 0.3) is 0 Å². The van der Waals surface area contributed by atoms with E-state index >= 15 is 0 Å². The number of carbonyl (C=O) groups excluding carboxylic acids is 2. The molecule has 2 aromatic carbocycles. The Bertz CT molecular complexity index is 667. The standard InChI is InChI=1S/C15H11NO4/c17-14-13-7-6-11(8-10(13)9-19-14)16-15(18)20-12-4-2-1-3-5-12/h1-8H,9H2,(H,16,18). The predicted octanol–water partition coefficient (Wildman–Crippen LogP) is 2.97. The number of esters is 1. The lowest BCUT2D eigenvalue weighted by atomic mass is 10.1. The van der Waals surface area contributed by atoms with Crippen LogP contribution in [0.1, 0.15) is 15.9 Å². The molecule has 0 saturated carbocycles. The van der Waals surface area contributed by atoms with Gasteiger partial charge in [-0.25, -0.2) is 9.59 Å². The quantitative estimate of drug-likeness (QED) is 0.851. The number of fused-ring (bicyclic) bond motifs is 1. The van der Waals surface area contributed by atoms with Crippen molar-refractivity contribution in [3.8, 4) is 5.75 Å². The van der Waals surface area contributed by atoms with E-state index in [9.17, 15) is 9.59 Å². The molecule has 5 nitrogen and oxygen atoms in total. The third-order valence-corrected chi connectivity index (χ3v) is 2.88. The van der Waals surface area contributed by atoms with Gasteiger partial charge < -0.3 is 9.47 Å². The van der Waals surface area contributed by atoms with Gasteiger partial charge in [-0.15, -0.1) is 0 Å². The molecule has 0 unspecified atom stereocenters. The van der Waals surface area contributed by atoms with Crippen LogP contribution in [0.15, 0.2) is 48.5 Å². The van der Waals surface area contributed by atoms with Crippen LogP contribution in [0.5, 0.6) is 5.75 Å². The first-order valence-corrected chi connectivity index (χ1v) is 6.06. The summed E-state index contributed by atoms with van der Waals surface area (Å²) in [5.41, 5.74) is 1.85. The minimum Gasteiger partial charge on any atom is -0.457 e. The summed E-state index contributed by atoms with van der Waals surface area (Å²) in [6, 6.07) is 13.7. The van der Waals surface area contributed by atoms with Crippen molar-refractivity contribution in [3.63, 3.8) is 0 Å². The number of ether oxygens (including phenoxy) is 2. The van der Waals surface area contributed by atoms with Crippen LogP contribution < -0.4 is 10.1 Å². The molecule has 1 amide bonds. The van der Waals surface area contributed by atoms with Gasteiger partial charge in [0.2, 0.25) is 0 Å². The largest absolute Gasteiger partial charge is 0.457 e. The fraction of sp³-hybridized carbons (Fsp3) is 0.0667. The van der Waals surface area contributed by atoms with Crippen LogP contribution in [0.4, 0.5) is 10.5 Å². The topological polar surface area (TPSA) is 64.6 Å². The van der Waals surface area contributed by atoms with Crippen LogP contribution in [0.2, 0.25) is 0 Å². The summed E-state index contributed by atoms with van der Waals surface area (Å²) in [5.74, 6) is 0.128. The molecule has 1 aliphatic rings. The maximum Gasteiger partial charge on any atom is 0.417 e. The number of rotatable bonds is 2. The zero-order valence-corrected chi connectivity index (χ0v) is 10.5. The lowest BCUT2D eigenvalue weighted by molar-refractivity contribution is 0.0535. The molecule has 0 atom stereocenters. The van der Waals surface area contributed by atoms with Crippen molar-refractivity contribution in [1.82, 2.24) is 0 Å². The summed E-state index contributed by atoms with van der Waals surface area (Å²) in [5, 5.41) is 2.61. The van der Waals surface area contributed by atoms with Crippen molar-refractivity contribution in [2.45, 2.75) is 6.61 Å². The van der Waals surface area contributed by atoms with Crippen LogP contribution in [-0.2, 0) is 11.3 Å². The molecule has 0 saturated heterocycles. The molecular weight excluding hydrogens is 258 g/mol. The Hall–Kier alpha value is -2.82. The third kappa shape index (κ3) is 2.47. The third-order valence-electron chi connectivity index (χ3n) is 2.88. The van der Waals surface area contributed by atoms with Crippen molar-refractivity contribution >= 4 is 17.7 Å². The smallest absolute Gasteiger partial charge is 0.417 e. The number of carbonyl (C=O) groups is 2. The first-order chi connectivity index (χ1) is 9.72. The second kappa shape index (κ2) is 5.05. The Labute approximate surface area is 115 Å². The Balaban J connectivity index is 1.69. The van der Waals surface area contributed by atoms with Crippen molar-refractivity contribution in [3.05, 3.63) is 59.7 Å². The van der Waals surface area contributed by atoms with E-state index in [0.717, 1.165) is 5.56 Å². The van der Waals surface area contributed by atoms with E-state index in [2.05, 4.69) is 5.32 Å². The lowest BCUT2D eigenvalue weighted by Crippen LogP contribution is -2.16. The van der Waals surface area contributed by atoms with Crippen LogP contribution >= 0.6 is 0 Å².